The number of aromatic amines is 1. The van der Waals surface area contributed by atoms with Crippen LogP contribution in [0.25, 0.3) is 22.4 Å². The molecule has 0 aliphatic carbocycles. The number of imidazole rings is 1. The SMILES string of the molecule is CCC(O)C#Cc1ccc2c(=O)c(-c3ncc[nH]3)c(N)n(CC)c2n1. The highest BCUT2D eigenvalue weighted by Crippen LogP contribution is 2.23. The molecule has 0 aliphatic heterocycles. The summed E-state index contributed by atoms with van der Waals surface area (Å²) >= 11 is 0. The van der Waals surface area contributed by atoms with E-state index >= 15 is 0 Å². The second kappa shape index (κ2) is 6.79. The Labute approximate surface area is 144 Å². The van der Waals surface area contributed by atoms with E-state index in [0.29, 0.717) is 46.9 Å². The van der Waals surface area contributed by atoms with Crippen LogP contribution in [0.5, 0.6) is 0 Å². The molecule has 3 rings (SSSR count). The molecule has 3 aromatic heterocycles. The van der Waals surface area contributed by atoms with Gasteiger partial charge in [0.25, 0.3) is 0 Å². The minimum absolute atomic E-state index is 0.229. The molecule has 0 bridgehead atoms. The van der Waals surface area contributed by atoms with E-state index in [4.69, 9.17) is 5.73 Å². The van der Waals surface area contributed by atoms with Crippen molar-refractivity contribution in [3.05, 3.63) is 40.4 Å². The highest BCUT2D eigenvalue weighted by Gasteiger charge is 2.18. The number of aryl methyl sites for hydroxylation is 1. The largest absolute Gasteiger partial charge is 0.384 e. The fourth-order valence-corrected chi connectivity index (χ4v) is 2.61. The molecule has 0 radical (unpaired) electrons. The van der Waals surface area contributed by atoms with Crippen molar-refractivity contribution in [1.82, 2.24) is 19.5 Å². The minimum Gasteiger partial charge on any atom is -0.384 e. The number of pyridine rings is 2. The van der Waals surface area contributed by atoms with Crippen LogP contribution >= 0.6 is 0 Å². The molecule has 128 valence electrons. The fourth-order valence-electron chi connectivity index (χ4n) is 2.61. The van der Waals surface area contributed by atoms with Crippen molar-refractivity contribution in [2.75, 3.05) is 5.73 Å². The Kier molecular flexibility index (Phi) is 4.55. The van der Waals surface area contributed by atoms with E-state index in [0.717, 1.165) is 0 Å². The van der Waals surface area contributed by atoms with Crippen LogP contribution in [0.2, 0.25) is 0 Å². The maximum atomic E-state index is 12.9. The Morgan fingerprint density at radius 2 is 2.20 bits per heavy atom. The van der Waals surface area contributed by atoms with Gasteiger partial charge in [-0.1, -0.05) is 12.8 Å². The molecule has 0 saturated carbocycles. The number of hydrogen-bond donors (Lipinski definition) is 3. The number of aromatic nitrogens is 4. The van der Waals surface area contributed by atoms with Crippen LogP contribution in [-0.2, 0) is 6.54 Å². The van der Waals surface area contributed by atoms with Crippen molar-refractivity contribution in [2.45, 2.75) is 32.9 Å². The smallest absolute Gasteiger partial charge is 0.204 e. The van der Waals surface area contributed by atoms with Crippen LogP contribution in [0.3, 0.4) is 0 Å². The van der Waals surface area contributed by atoms with Crippen molar-refractivity contribution >= 4 is 16.9 Å². The number of fused-ring (bicyclic) bond motifs is 1. The number of rotatable bonds is 3. The molecule has 3 aromatic rings. The average Bonchev–Trinajstić information content (AvgIpc) is 3.14. The zero-order chi connectivity index (χ0) is 18.0. The number of nitrogen functional groups attached to an aromatic ring is 1. The molecule has 1 unspecified atom stereocenters. The van der Waals surface area contributed by atoms with Gasteiger partial charge in [0.15, 0.2) is 0 Å². The highest BCUT2D eigenvalue weighted by molar-refractivity contribution is 5.86. The third-order valence-corrected chi connectivity index (χ3v) is 3.95. The molecule has 0 aromatic carbocycles. The van der Waals surface area contributed by atoms with Crippen molar-refractivity contribution in [2.24, 2.45) is 0 Å². The topological polar surface area (TPSA) is 110 Å². The summed E-state index contributed by atoms with van der Waals surface area (Å²) in [5.74, 6) is 6.30. The molecule has 0 saturated heterocycles. The summed E-state index contributed by atoms with van der Waals surface area (Å²) in [7, 11) is 0. The van der Waals surface area contributed by atoms with Crippen molar-refractivity contribution in [3.63, 3.8) is 0 Å². The predicted octanol–water partition coefficient (Wildman–Crippen LogP) is 1.51. The lowest BCUT2D eigenvalue weighted by molar-refractivity contribution is 0.228. The second-order valence-corrected chi connectivity index (χ2v) is 5.53. The summed E-state index contributed by atoms with van der Waals surface area (Å²) in [6, 6.07) is 3.35. The van der Waals surface area contributed by atoms with E-state index in [1.54, 1.807) is 29.1 Å². The number of aliphatic hydroxyl groups excluding tert-OH is 1. The van der Waals surface area contributed by atoms with Gasteiger partial charge in [-0.05, 0) is 31.4 Å². The molecule has 4 N–H and O–H groups in total. The molecule has 0 fully saturated rings. The molecule has 0 aliphatic rings. The average molecular weight is 337 g/mol. The Hall–Kier alpha value is -3.11. The summed E-state index contributed by atoms with van der Waals surface area (Å²) in [5, 5.41) is 10.0. The fraction of sp³-hybridized carbons (Fsp3) is 0.278. The highest BCUT2D eigenvalue weighted by atomic mass is 16.3. The number of nitrogens with two attached hydrogens (primary N) is 1. The van der Waals surface area contributed by atoms with E-state index in [1.807, 2.05) is 13.8 Å². The van der Waals surface area contributed by atoms with Gasteiger partial charge in [0.1, 0.15) is 34.7 Å². The van der Waals surface area contributed by atoms with Gasteiger partial charge >= 0.3 is 0 Å². The lowest BCUT2D eigenvalue weighted by Gasteiger charge is -2.14. The Balaban J connectivity index is 2.26. The monoisotopic (exact) mass is 337 g/mol. The summed E-state index contributed by atoms with van der Waals surface area (Å²) in [4.78, 5) is 24.4. The van der Waals surface area contributed by atoms with Gasteiger partial charge in [0, 0.05) is 18.9 Å². The minimum atomic E-state index is -0.697. The van der Waals surface area contributed by atoms with Gasteiger partial charge < -0.3 is 20.4 Å². The first-order valence-electron chi connectivity index (χ1n) is 8.09. The number of aliphatic hydroxyl groups is 1. The molecule has 1 atom stereocenters. The molecule has 0 amide bonds. The molecule has 7 heteroatoms. The summed E-state index contributed by atoms with van der Waals surface area (Å²) < 4.78 is 1.76. The third-order valence-electron chi connectivity index (χ3n) is 3.95. The van der Waals surface area contributed by atoms with Crippen LogP contribution in [0.15, 0.2) is 29.3 Å². The molecular weight excluding hydrogens is 318 g/mol. The molecule has 3 heterocycles. The lowest BCUT2D eigenvalue weighted by atomic mass is 10.1. The van der Waals surface area contributed by atoms with E-state index < -0.39 is 6.10 Å². The number of hydrogen-bond acceptors (Lipinski definition) is 5. The van der Waals surface area contributed by atoms with Gasteiger partial charge in [-0.25, -0.2) is 9.97 Å². The Bertz CT molecular complexity index is 1030. The summed E-state index contributed by atoms with van der Waals surface area (Å²) in [6.45, 7) is 4.31. The quantitative estimate of drug-likeness (QED) is 0.628. The van der Waals surface area contributed by atoms with Crippen LogP contribution in [0, 0.1) is 11.8 Å². The zero-order valence-corrected chi connectivity index (χ0v) is 14.1. The number of anilines is 1. The van der Waals surface area contributed by atoms with E-state index in [2.05, 4.69) is 26.8 Å². The van der Waals surface area contributed by atoms with Gasteiger partial charge in [-0.3, -0.25) is 4.79 Å². The van der Waals surface area contributed by atoms with Crippen LogP contribution in [0.1, 0.15) is 26.0 Å². The van der Waals surface area contributed by atoms with Crippen molar-refractivity contribution in [1.29, 1.82) is 0 Å². The first kappa shape index (κ1) is 16.7. The van der Waals surface area contributed by atoms with E-state index in [1.165, 1.54) is 0 Å². The number of H-pyrrole nitrogens is 1. The van der Waals surface area contributed by atoms with Gasteiger partial charge in [0.2, 0.25) is 5.43 Å². The second-order valence-electron chi connectivity index (χ2n) is 5.53. The normalized spacial score (nSPS) is 12.0. The molecule has 25 heavy (non-hydrogen) atoms. The number of nitrogens with zero attached hydrogens (tertiary/aromatic N) is 3. The molecule has 0 spiro atoms. The third kappa shape index (κ3) is 2.99. The van der Waals surface area contributed by atoms with Crippen molar-refractivity contribution < 1.29 is 5.11 Å². The zero-order valence-electron chi connectivity index (χ0n) is 14.1. The van der Waals surface area contributed by atoms with E-state index in [-0.39, 0.29) is 5.43 Å². The Morgan fingerprint density at radius 1 is 1.40 bits per heavy atom. The maximum absolute atomic E-state index is 12.9. The first-order valence-corrected chi connectivity index (χ1v) is 8.09. The lowest BCUT2D eigenvalue weighted by Crippen LogP contribution is -2.18. The molecular formula is C18H19N5O2. The van der Waals surface area contributed by atoms with Gasteiger partial charge in [-0.2, -0.15) is 0 Å². The van der Waals surface area contributed by atoms with Gasteiger partial charge in [-0.15, -0.1) is 0 Å². The number of nitrogens with one attached hydrogen (secondary N) is 1. The van der Waals surface area contributed by atoms with Crippen LogP contribution < -0.4 is 11.2 Å². The van der Waals surface area contributed by atoms with Gasteiger partial charge in [0.05, 0.1) is 5.39 Å². The molecule has 7 nitrogen and oxygen atoms in total. The summed E-state index contributed by atoms with van der Waals surface area (Å²) in [6.07, 6.45) is 3.06. The standard InChI is InChI=1S/C18H19N5O2/c1-3-12(24)7-5-11-6-8-13-15(25)14(17-20-9-10-21-17)16(19)23(4-2)18(13)22-11/h6,8-10,12,24H,3-4,19H2,1-2H3,(H,20,21). The summed E-state index contributed by atoms with van der Waals surface area (Å²) in [5.41, 5.74) is 7.29. The van der Waals surface area contributed by atoms with Crippen LogP contribution in [-0.4, -0.2) is 30.7 Å². The Morgan fingerprint density at radius 3 is 2.84 bits per heavy atom. The predicted molar refractivity (Wildman–Crippen MR) is 96.8 cm³/mol. The van der Waals surface area contributed by atoms with Crippen LogP contribution in [0.4, 0.5) is 5.82 Å². The van der Waals surface area contributed by atoms with E-state index in [9.17, 15) is 9.90 Å². The maximum Gasteiger partial charge on any atom is 0.204 e. The first-order chi connectivity index (χ1) is 12.1. The van der Waals surface area contributed by atoms with Crippen molar-refractivity contribution in [3.8, 4) is 23.2 Å².